The van der Waals surface area contributed by atoms with Gasteiger partial charge in [-0.1, -0.05) is 20.8 Å². The molecule has 2 aliphatic rings. The molecular weight excluding hydrogens is 356 g/mol. The van der Waals surface area contributed by atoms with Crippen molar-refractivity contribution >= 4 is 8.32 Å². The van der Waals surface area contributed by atoms with Crippen molar-refractivity contribution in [2.24, 2.45) is 0 Å². The normalized spacial score (nSPS) is 37.6. The summed E-state index contributed by atoms with van der Waals surface area (Å²) in [5.41, 5.74) is -1.47. The van der Waals surface area contributed by atoms with Crippen LogP contribution in [0.15, 0.2) is 0 Å². The molecule has 2 rings (SSSR count). The second-order valence-electron chi connectivity index (χ2n) is 9.44. The largest absolute Gasteiger partial charge is 0.408 e. The zero-order valence-electron chi connectivity index (χ0n) is 17.4. The third-order valence-electron chi connectivity index (χ3n) is 5.81. The average molecular weight is 393 g/mol. The fraction of sp³-hybridized carbons (Fsp3) is 1.00. The van der Waals surface area contributed by atoms with Gasteiger partial charge in [0.25, 0.3) is 0 Å². The van der Waals surface area contributed by atoms with E-state index in [0.717, 1.165) is 0 Å². The van der Waals surface area contributed by atoms with Crippen LogP contribution in [0.2, 0.25) is 18.1 Å². The number of aliphatic hydroxyl groups excluding tert-OH is 1. The molecule has 2 fully saturated rings. The van der Waals surface area contributed by atoms with Gasteiger partial charge in [-0.2, -0.15) is 0 Å². The van der Waals surface area contributed by atoms with E-state index in [0.29, 0.717) is 0 Å². The van der Waals surface area contributed by atoms with Gasteiger partial charge in [0.2, 0.25) is 0 Å². The summed E-state index contributed by atoms with van der Waals surface area (Å²) < 4.78 is 29.5. The van der Waals surface area contributed by atoms with E-state index >= 15 is 0 Å². The topological polar surface area (TPSA) is 86.6 Å². The molecule has 1 saturated carbocycles. The van der Waals surface area contributed by atoms with Crippen molar-refractivity contribution in [1.82, 2.24) is 0 Å². The lowest BCUT2D eigenvalue weighted by Crippen LogP contribution is -2.67. The number of methoxy groups -OCH3 is 1. The van der Waals surface area contributed by atoms with Gasteiger partial charge in [0.15, 0.2) is 14.1 Å². The molecule has 0 radical (unpaired) electrons. The molecule has 1 aliphatic carbocycles. The first-order chi connectivity index (χ1) is 11.8. The van der Waals surface area contributed by atoms with E-state index in [4.69, 9.17) is 23.4 Å². The lowest BCUT2D eigenvalue weighted by Gasteiger charge is -2.50. The number of aliphatic hydroxyl groups is 2. The van der Waals surface area contributed by atoms with E-state index in [-0.39, 0.29) is 18.3 Å². The van der Waals surface area contributed by atoms with Crippen LogP contribution in [-0.4, -0.2) is 74.8 Å². The molecule has 0 aromatic carbocycles. The van der Waals surface area contributed by atoms with Gasteiger partial charge >= 0.3 is 0 Å². The molecule has 1 aliphatic heterocycles. The highest BCUT2D eigenvalue weighted by Gasteiger charge is 2.62. The molecule has 2 N–H and O–H groups in total. The summed E-state index contributed by atoms with van der Waals surface area (Å²) in [5.74, 6) is -0.820. The van der Waals surface area contributed by atoms with Crippen LogP contribution in [-0.2, 0) is 23.4 Å². The van der Waals surface area contributed by atoms with Gasteiger partial charge in [-0.25, -0.2) is 0 Å². The molecule has 0 amide bonds. The predicted octanol–water partition coefficient (Wildman–Crippen LogP) is 2.01. The van der Waals surface area contributed by atoms with E-state index in [1.807, 2.05) is 13.8 Å². The molecule has 26 heavy (non-hydrogen) atoms. The highest BCUT2D eigenvalue weighted by Crippen LogP contribution is 2.46. The molecule has 1 saturated heterocycles. The Morgan fingerprint density at radius 3 is 2.23 bits per heavy atom. The van der Waals surface area contributed by atoms with Crippen molar-refractivity contribution in [3.63, 3.8) is 0 Å². The molecule has 8 heteroatoms. The number of ether oxygens (including phenoxy) is 4. The minimum absolute atomic E-state index is 0.0444. The number of hydrogen-bond acceptors (Lipinski definition) is 7. The van der Waals surface area contributed by atoms with Crippen LogP contribution in [0.1, 0.15) is 41.0 Å². The van der Waals surface area contributed by atoms with Crippen LogP contribution < -0.4 is 0 Å². The summed E-state index contributed by atoms with van der Waals surface area (Å²) in [6, 6.07) is 0. The van der Waals surface area contributed by atoms with Crippen molar-refractivity contribution < 1.29 is 33.6 Å². The lowest BCUT2D eigenvalue weighted by molar-refractivity contribution is -0.218. The van der Waals surface area contributed by atoms with Crippen molar-refractivity contribution in [1.29, 1.82) is 0 Å². The molecule has 0 aromatic heterocycles. The maximum atomic E-state index is 11.2. The SMILES string of the molecule is COCO[C@@H]1C[C@](O)(CO)[C@@H](O[Si](C)(C)C(C)(C)C)[C@@H]2OC(C)(C)O[C@@H]21. The van der Waals surface area contributed by atoms with Crippen LogP contribution >= 0.6 is 0 Å². The summed E-state index contributed by atoms with van der Waals surface area (Å²) in [6.45, 7) is 14.0. The van der Waals surface area contributed by atoms with Crippen LogP contribution in [0, 0.1) is 0 Å². The first-order valence-electron chi connectivity index (χ1n) is 9.23. The van der Waals surface area contributed by atoms with Crippen molar-refractivity contribution in [3.05, 3.63) is 0 Å². The molecule has 0 unspecified atom stereocenters. The number of fused-ring (bicyclic) bond motifs is 1. The standard InChI is InChI=1S/C18H36O7Si/c1-16(2,3)26(7,8)25-15-14-13(23-17(4,5)24-14)12(22-11-21-6)9-18(15,20)10-19/h12-15,19-20H,9-11H2,1-8H3/t12-,13-,14-,15+,18+/m1/s1. The highest BCUT2D eigenvalue weighted by atomic mass is 28.4. The van der Waals surface area contributed by atoms with E-state index < -0.39 is 50.7 Å². The van der Waals surface area contributed by atoms with E-state index in [1.54, 1.807) is 0 Å². The predicted molar refractivity (Wildman–Crippen MR) is 99.3 cm³/mol. The van der Waals surface area contributed by atoms with Gasteiger partial charge in [0.05, 0.1) is 12.7 Å². The molecule has 5 atom stereocenters. The fourth-order valence-electron chi connectivity index (χ4n) is 3.36. The van der Waals surface area contributed by atoms with Crippen LogP contribution in [0.5, 0.6) is 0 Å². The second kappa shape index (κ2) is 7.40. The summed E-state index contributed by atoms with van der Waals surface area (Å²) in [5, 5.41) is 21.2. The van der Waals surface area contributed by atoms with E-state index in [2.05, 4.69) is 33.9 Å². The molecule has 154 valence electrons. The van der Waals surface area contributed by atoms with Crippen molar-refractivity contribution in [2.75, 3.05) is 20.5 Å². The Morgan fingerprint density at radius 2 is 1.73 bits per heavy atom. The quantitative estimate of drug-likeness (QED) is 0.528. The molecular formula is C18H36O7Si. The Kier molecular flexibility index (Phi) is 6.33. The number of rotatable bonds is 6. The summed E-state index contributed by atoms with van der Waals surface area (Å²) in [7, 11) is -0.684. The maximum absolute atomic E-state index is 11.2. The summed E-state index contributed by atoms with van der Waals surface area (Å²) in [4.78, 5) is 0. The van der Waals surface area contributed by atoms with E-state index in [9.17, 15) is 10.2 Å². The van der Waals surface area contributed by atoms with Gasteiger partial charge in [-0.15, -0.1) is 0 Å². The monoisotopic (exact) mass is 392 g/mol. The Morgan fingerprint density at radius 1 is 1.15 bits per heavy atom. The summed E-state index contributed by atoms with van der Waals surface area (Å²) >= 11 is 0. The first kappa shape index (κ1) is 22.2. The minimum Gasteiger partial charge on any atom is -0.408 e. The third kappa shape index (κ3) is 4.33. The zero-order chi connectivity index (χ0) is 20.0. The second-order valence-corrected chi connectivity index (χ2v) is 14.2. The molecule has 0 spiro atoms. The van der Waals surface area contributed by atoms with Crippen LogP contribution in [0.4, 0.5) is 0 Å². The maximum Gasteiger partial charge on any atom is 0.192 e. The average Bonchev–Trinajstić information content (AvgIpc) is 2.83. The van der Waals surface area contributed by atoms with E-state index in [1.165, 1.54) is 7.11 Å². The van der Waals surface area contributed by atoms with Gasteiger partial charge < -0.3 is 33.6 Å². The molecule has 0 bridgehead atoms. The lowest BCUT2D eigenvalue weighted by atomic mass is 9.77. The highest BCUT2D eigenvalue weighted by molar-refractivity contribution is 6.74. The zero-order valence-corrected chi connectivity index (χ0v) is 18.4. The molecule has 1 heterocycles. The van der Waals surface area contributed by atoms with Gasteiger partial charge in [-0.05, 0) is 32.0 Å². The molecule has 0 aromatic rings. The first-order valence-corrected chi connectivity index (χ1v) is 12.1. The van der Waals surface area contributed by atoms with Crippen LogP contribution in [0.3, 0.4) is 0 Å². The Hall–Kier alpha value is -0.0631. The van der Waals surface area contributed by atoms with Gasteiger partial charge in [-0.3, -0.25) is 0 Å². The van der Waals surface area contributed by atoms with Crippen LogP contribution in [0.25, 0.3) is 0 Å². The Balaban J connectivity index is 2.36. The Labute approximate surface area is 158 Å². The van der Waals surface area contributed by atoms with Gasteiger partial charge in [0.1, 0.15) is 30.7 Å². The van der Waals surface area contributed by atoms with Gasteiger partial charge in [0, 0.05) is 13.5 Å². The minimum atomic E-state index is -2.22. The number of hydrogen-bond donors (Lipinski definition) is 2. The van der Waals surface area contributed by atoms with Crippen molar-refractivity contribution in [2.45, 2.75) is 95.0 Å². The fourth-order valence-corrected chi connectivity index (χ4v) is 4.70. The molecule has 7 nitrogen and oxygen atoms in total. The van der Waals surface area contributed by atoms with Crippen molar-refractivity contribution in [3.8, 4) is 0 Å². The smallest absolute Gasteiger partial charge is 0.192 e. The Bertz CT molecular complexity index is 490. The third-order valence-corrected chi connectivity index (χ3v) is 10.3. The summed E-state index contributed by atoms with van der Waals surface area (Å²) in [6.07, 6.45) is -1.90.